The van der Waals surface area contributed by atoms with Gasteiger partial charge in [-0.15, -0.1) is 16.4 Å². The monoisotopic (exact) mass is 410 g/mol. The summed E-state index contributed by atoms with van der Waals surface area (Å²) in [5, 5.41) is 18.0. The van der Waals surface area contributed by atoms with Crippen LogP contribution in [0, 0.1) is 6.92 Å². The molecule has 0 saturated heterocycles. The summed E-state index contributed by atoms with van der Waals surface area (Å²) in [4.78, 5) is 17.0. The molecule has 1 amide bonds. The Hall–Kier alpha value is -3.04. The summed E-state index contributed by atoms with van der Waals surface area (Å²) >= 11 is 3.24. The molecule has 0 unspecified atom stereocenters. The number of nitrogens with one attached hydrogen (secondary N) is 1. The standard InChI is InChI=1S/C19H18N6OS2/c1-12-10-28-18(21-12)4-6-25-9-17(23-24-25)19(26)22-16-8-13(2-3-15(16)20)14-5-7-27-11-14/h2-3,5,7-11H,4,6,20H2,1H3,(H,22,26). The number of nitrogen functional groups attached to an aromatic ring is 1. The smallest absolute Gasteiger partial charge is 0.277 e. The number of hydrogen-bond acceptors (Lipinski definition) is 7. The van der Waals surface area contributed by atoms with Crippen LogP contribution in [0.3, 0.4) is 0 Å². The van der Waals surface area contributed by atoms with E-state index < -0.39 is 0 Å². The number of thiophene rings is 1. The van der Waals surface area contributed by atoms with E-state index in [-0.39, 0.29) is 11.6 Å². The molecular formula is C19H18N6OS2. The Morgan fingerprint density at radius 3 is 2.89 bits per heavy atom. The third kappa shape index (κ3) is 4.10. The zero-order valence-corrected chi connectivity index (χ0v) is 16.8. The fourth-order valence-electron chi connectivity index (χ4n) is 2.70. The molecule has 7 nitrogen and oxygen atoms in total. The van der Waals surface area contributed by atoms with E-state index in [1.165, 1.54) is 0 Å². The van der Waals surface area contributed by atoms with Gasteiger partial charge in [-0.3, -0.25) is 9.48 Å². The van der Waals surface area contributed by atoms with Crippen LogP contribution in [-0.2, 0) is 13.0 Å². The summed E-state index contributed by atoms with van der Waals surface area (Å²) in [7, 11) is 0. The van der Waals surface area contributed by atoms with Crippen LogP contribution in [0.15, 0.2) is 46.6 Å². The van der Waals surface area contributed by atoms with Crippen molar-refractivity contribution in [2.75, 3.05) is 11.1 Å². The third-order valence-corrected chi connectivity index (χ3v) is 5.86. The third-order valence-electron chi connectivity index (χ3n) is 4.15. The number of amides is 1. The van der Waals surface area contributed by atoms with Crippen LogP contribution < -0.4 is 11.1 Å². The highest BCUT2D eigenvalue weighted by Crippen LogP contribution is 2.28. The Labute approximate surface area is 169 Å². The van der Waals surface area contributed by atoms with Crippen LogP contribution in [-0.4, -0.2) is 25.9 Å². The molecule has 0 saturated carbocycles. The number of thiazole rings is 1. The van der Waals surface area contributed by atoms with Gasteiger partial charge >= 0.3 is 0 Å². The molecule has 0 aliphatic rings. The number of rotatable bonds is 6. The van der Waals surface area contributed by atoms with Crippen molar-refractivity contribution in [2.45, 2.75) is 19.9 Å². The highest BCUT2D eigenvalue weighted by molar-refractivity contribution is 7.09. The molecule has 0 aliphatic heterocycles. The Balaban J connectivity index is 1.44. The lowest BCUT2D eigenvalue weighted by atomic mass is 10.1. The van der Waals surface area contributed by atoms with Crippen LogP contribution in [0.1, 0.15) is 21.2 Å². The molecule has 0 spiro atoms. The van der Waals surface area contributed by atoms with E-state index in [0.29, 0.717) is 17.9 Å². The lowest BCUT2D eigenvalue weighted by molar-refractivity contribution is 0.102. The van der Waals surface area contributed by atoms with E-state index in [9.17, 15) is 4.79 Å². The lowest BCUT2D eigenvalue weighted by Crippen LogP contribution is -2.13. The Morgan fingerprint density at radius 2 is 2.14 bits per heavy atom. The van der Waals surface area contributed by atoms with Crippen LogP contribution in [0.2, 0.25) is 0 Å². The number of hydrogen-bond donors (Lipinski definition) is 2. The van der Waals surface area contributed by atoms with Crippen LogP contribution in [0.25, 0.3) is 11.1 Å². The van der Waals surface area contributed by atoms with Gasteiger partial charge in [-0.25, -0.2) is 4.98 Å². The average molecular weight is 411 g/mol. The molecule has 28 heavy (non-hydrogen) atoms. The highest BCUT2D eigenvalue weighted by atomic mass is 32.1. The Bertz CT molecular complexity index is 1100. The number of nitrogens with zero attached hydrogens (tertiary/aromatic N) is 4. The van der Waals surface area contributed by atoms with E-state index in [4.69, 9.17) is 5.73 Å². The second-order valence-corrected chi connectivity index (χ2v) is 7.99. The van der Waals surface area contributed by atoms with Gasteiger partial charge in [-0.2, -0.15) is 11.3 Å². The quantitative estimate of drug-likeness (QED) is 0.471. The maximum absolute atomic E-state index is 12.6. The normalized spacial score (nSPS) is 10.9. The van der Waals surface area contributed by atoms with Gasteiger partial charge < -0.3 is 11.1 Å². The first kappa shape index (κ1) is 18.3. The summed E-state index contributed by atoms with van der Waals surface area (Å²) in [6, 6.07) is 7.61. The molecule has 142 valence electrons. The molecule has 0 fully saturated rings. The van der Waals surface area contributed by atoms with Gasteiger partial charge in [-0.05, 0) is 47.0 Å². The lowest BCUT2D eigenvalue weighted by Gasteiger charge is -2.09. The van der Waals surface area contributed by atoms with Crippen molar-refractivity contribution >= 4 is 40.0 Å². The fourth-order valence-corrected chi connectivity index (χ4v) is 4.13. The maximum Gasteiger partial charge on any atom is 0.277 e. The molecule has 3 N–H and O–H groups in total. The molecule has 0 atom stereocenters. The summed E-state index contributed by atoms with van der Waals surface area (Å²) < 4.78 is 1.65. The number of nitrogens with two attached hydrogens (primary N) is 1. The molecule has 0 aliphatic carbocycles. The Morgan fingerprint density at radius 1 is 1.25 bits per heavy atom. The number of aryl methyl sites for hydroxylation is 3. The second-order valence-electron chi connectivity index (χ2n) is 6.27. The number of benzene rings is 1. The zero-order chi connectivity index (χ0) is 19.5. The predicted molar refractivity (Wildman–Crippen MR) is 113 cm³/mol. The molecule has 1 aromatic carbocycles. The molecule has 0 bridgehead atoms. The Kier molecular flexibility index (Phi) is 5.18. The number of carbonyl (C=O) groups is 1. The fraction of sp³-hybridized carbons (Fsp3) is 0.158. The first-order valence-corrected chi connectivity index (χ1v) is 10.5. The topological polar surface area (TPSA) is 98.7 Å². The summed E-state index contributed by atoms with van der Waals surface area (Å²) in [6.45, 7) is 2.58. The van der Waals surface area contributed by atoms with E-state index in [2.05, 4.69) is 20.6 Å². The predicted octanol–water partition coefficient (Wildman–Crippen LogP) is 3.85. The number of anilines is 2. The van der Waals surface area contributed by atoms with E-state index in [0.717, 1.165) is 28.2 Å². The van der Waals surface area contributed by atoms with Gasteiger partial charge in [0, 0.05) is 24.0 Å². The first-order chi connectivity index (χ1) is 13.6. The number of carbonyl (C=O) groups excluding carboxylic acids is 1. The van der Waals surface area contributed by atoms with Gasteiger partial charge in [0.05, 0.1) is 22.6 Å². The molecule has 4 rings (SSSR count). The minimum absolute atomic E-state index is 0.246. The summed E-state index contributed by atoms with van der Waals surface area (Å²) in [5.74, 6) is -0.342. The van der Waals surface area contributed by atoms with Gasteiger partial charge in [0.2, 0.25) is 0 Å². The first-order valence-electron chi connectivity index (χ1n) is 8.63. The van der Waals surface area contributed by atoms with Crippen LogP contribution >= 0.6 is 22.7 Å². The van der Waals surface area contributed by atoms with Crippen LogP contribution in [0.4, 0.5) is 11.4 Å². The van der Waals surface area contributed by atoms with Crippen molar-refractivity contribution in [1.82, 2.24) is 20.0 Å². The van der Waals surface area contributed by atoms with Crippen molar-refractivity contribution in [3.05, 3.63) is 63.0 Å². The van der Waals surface area contributed by atoms with Crippen molar-refractivity contribution in [3.63, 3.8) is 0 Å². The highest BCUT2D eigenvalue weighted by Gasteiger charge is 2.14. The van der Waals surface area contributed by atoms with Gasteiger partial charge in [0.25, 0.3) is 5.91 Å². The molecule has 3 aromatic heterocycles. The van der Waals surface area contributed by atoms with E-state index in [1.807, 2.05) is 41.3 Å². The van der Waals surface area contributed by atoms with Crippen molar-refractivity contribution in [1.29, 1.82) is 0 Å². The van der Waals surface area contributed by atoms with E-state index in [1.54, 1.807) is 39.6 Å². The minimum Gasteiger partial charge on any atom is -0.397 e. The minimum atomic E-state index is -0.342. The molecule has 0 radical (unpaired) electrons. The van der Waals surface area contributed by atoms with Crippen LogP contribution in [0.5, 0.6) is 0 Å². The van der Waals surface area contributed by atoms with Gasteiger partial charge in [0.15, 0.2) is 5.69 Å². The molecule has 4 aromatic rings. The van der Waals surface area contributed by atoms with Gasteiger partial charge in [-0.1, -0.05) is 11.3 Å². The number of aromatic nitrogens is 4. The molecule has 3 heterocycles. The van der Waals surface area contributed by atoms with E-state index >= 15 is 0 Å². The molecule has 9 heteroatoms. The average Bonchev–Trinajstić information content (AvgIpc) is 3.43. The van der Waals surface area contributed by atoms with Crippen molar-refractivity contribution in [3.8, 4) is 11.1 Å². The molecular weight excluding hydrogens is 392 g/mol. The van der Waals surface area contributed by atoms with Crippen molar-refractivity contribution < 1.29 is 4.79 Å². The van der Waals surface area contributed by atoms with Crippen molar-refractivity contribution in [2.24, 2.45) is 0 Å². The zero-order valence-electron chi connectivity index (χ0n) is 15.1. The summed E-state index contributed by atoms with van der Waals surface area (Å²) in [6.07, 6.45) is 2.38. The maximum atomic E-state index is 12.6. The largest absolute Gasteiger partial charge is 0.397 e. The summed E-state index contributed by atoms with van der Waals surface area (Å²) in [5.41, 5.74) is 10.4. The SMILES string of the molecule is Cc1csc(CCn2cc(C(=O)Nc3cc(-c4ccsc4)ccc3N)nn2)n1. The van der Waals surface area contributed by atoms with Gasteiger partial charge in [0.1, 0.15) is 0 Å². The second kappa shape index (κ2) is 7.91.